The Morgan fingerprint density at radius 1 is 1.65 bits per heavy atom. The molecule has 1 heterocycles. The first-order chi connectivity index (χ1) is 8.02. The van der Waals surface area contributed by atoms with E-state index in [0.717, 1.165) is 16.8 Å². The standard InChI is InChI=1S/C11H17BrN2O2S/c1-13-9(11(15)16)7-14(2)6-5-8-3-4-10(12)17-8/h3-4,9,13H,5-7H2,1-2H3,(H,15,16). The molecule has 0 aliphatic rings. The molecule has 1 aromatic rings. The molecule has 0 fully saturated rings. The van der Waals surface area contributed by atoms with Crippen LogP contribution in [0.1, 0.15) is 4.88 Å². The van der Waals surface area contributed by atoms with Crippen molar-refractivity contribution in [3.05, 3.63) is 20.8 Å². The number of halogens is 1. The van der Waals surface area contributed by atoms with Gasteiger partial charge in [-0.25, -0.2) is 0 Å². The number of carboxylic acid groups (broad SMARTS) is 1. The van der Waals surface area contributed by atoms with Crippen molar-refractivity contribution in [2.24, 2.45) is 0 Å². The first-order valence-corrected chi connectivity index (χ1v) is 6.96. The second-order valence-electron chi connectivity index (χ2n) is 3.90. The van der Waals surface area contributed by atoms with Gasteiger partial charge in [0.2, 0.25) is 0 Å². The fourth-order valence-electron chi connectivity index (χ4n) is 1.48. The van der Waals surface area contributed by atoms with Crippen molar-refractivity contribution < 1.29 is 9.90 Å². The summed E-state index contributed by atoms with van der Waals surface area (Å²) in [5.74, 6) is -0.807. The van der Waals surface area contributed by atoms with Crippen LogP contribution in [-0.4, -0.2) is 49.2 Å². The summed E-state index contributed by atoms with van der Waals surface area (Å²) < 4.78 is 1.13. The van der Waals surface area contributed by atoms with Gasteiger partial charge in [-0.2, -0.15) is 0 Å². The molecule has 0 bridgehead atoms. The van der Waals surface area contributed by atoms with Crippen LogP contribution in [0.3, 0.4) is 0 Å². The van der Waals surface area contributed by atoms with Crippen molar-refractivity contribution in [2.45, 2.75) is 12.5 Å². The number of thiophene rings is 1. The van der Waals surface area contributed by atoms with E-state index in [0.29, 0.717) is 6.54 Å². The molecule has 4 nitrogen and oxygen atoms in total. The minimum Gasteiger partial charge on any atom is -0.480 e. The molecular weight excluding hydrogens is 304 g/mol. The summed E-state index contributed by atoms with van der Waals surface area (Å²) in [6.07, 6.45) is 0.947. The number of rotatable bonds is 7. The Kier molecular flexibility index (Phi) is 6.11. The van der Waals surface area contributed by atoms with E-state index in [2.05, 4.69) is 27.3 Å². The lowest BCUT2D eigenvalue weighted by atomic mass is 10.2. The average Bonchev–Trinajstić information content (AvgIpc) is 2.68. The molecule has 0 saturated carbocycles. The van der Waals surface area contributed by atoms with Gasteiger partial charge in [-0.15, -0.1) is 11.3 Å². The topological polar surface area (TPSA) is 52.6 Å². The maximum Gasteiger partial charge on any atom is 0.322 e. The van der Waals surface area contributed by atoms with Crippen molar-refractivity contribution >= 4 is 33.2 Å². The Balaban J connectivity index is 2.34. The molecule has 17 heavy (non-hydrogen) atoms. The van der Waals surface area contributed by atoms with Gasteiger partial charge in [0.1, 0.15) is 6.04 Å². The highest BCUT2D eigenvalue weighted by atomic mass is 79.9. The van der Waals surface area contributed by atoms with Crippen LogP contribution in [0, 0.1) is 0 Å². The lowest BCUT2D eigenvalue weighted by Gasteiger charge is -2.20. The molecule has 2 N–H and O–H groups in total. The minimum absolute atomic E-state index is 0.505. The van der Waals surface area contributed by atoms with Gasteiger partial charge in [-0.05, 0) is 48.6 Å². The minimum atomic E-state index is -0.807. The second-order valence-corrected chi connectivity index (χ2v) is 6.45. The molecule has 0 radical (unpaired) electrons. The number of likely N-dealkylation sites (N-methyl/N-ethyl adjacent to an activating group) is 2. The van der Waals surface area contributed by atoms with Gasteiger partial charge >= 0.3 is 5.97 Å². The SMILES string of the molecule is CNC(CN(C)CCc1ccc(Br)s1)C(=O)O. The van der Waals surface area contributed by atoms with Crippen molar-refractivity contribution in [1.82, 2.24) is 10.2 Å². The second kappa shape index (κ2) is 7.10. The van der Waals surface area contributed by atoms with Crippen LogP contribution in [0.5, 0.6) is 0 Å². The normalized spacial score (nSPS) is 12.9. The fourth-order valence-corrected chi connectivity index (χ4v) is 2.95. The molecule has 0 aliphatic carbocycles. The fraction of sp³-hybridized carbons (Fsp3) is 0.545. The smallest absolute Gasteiger partial charge is 0.322 e. The van der Waals surface area contributed by atoms with Gasteiger partial charge in [0.15, 0.2) is 0 Å². The maximum atomic E-state index is 10.9. The number of aliphatic carboxylic acids is 1. The van der Waals surface area contributed by atoms with E-state index in [1.54, 1.807) is 18.4 Å². The van der Waals surface area contributed by atoms with Crippen LogP contribution in [0.4, 0.5) is 0 Å². The largest absolute Gasteiger partial charge is 0.480 e. The van der Waals surface area contributed by atoms with E-state index >= 15 is 0 Å². The van der Waals surface area contributed by atoms with Gasteiger partial charge in [0.05, 0.1) is 3.79 Å². The quantitative estimate of drug-likeness (QED) is 0.802. The lowest BCUT2D eigenvalue weighted by molar-refractivity contribution is -0.139. The Hall–Kier alpha value is -0.430. The van der Waals surface area contributed by atoms with Gasteiger partial charge in [0, 0.05) is 18.0 Å². The molecule has 6 heteroatoms. The van der Waals surface area contributed by atoms with E-state index in [1.807, 2.05) is 18.0 Å². The molecule has 0 spiro atoms. The van der Waals surface area contributed by atoms with Gasteiger partial charge in [-0.1, -0.05) is 0 Å². The lowest BCUT2D eigenvalue weighted by Crippen LogP contribution is -2.43. The van der Waals surface area contributed by atoms with Crippen molar-refractivity contribution in [2.75, 3.05) is 27.2 Å². The molecular formula is C11H17BrN2O2S. The van der Waals surface area contributed by atoms with Crippen molar-refractivity contribution in [1.29, 1.82) is 0 Å². The van der Waals surface area contributed by atoms with E-state index in [1.165, 1.54) is 4.88 Å². The zero-order valence-electron chi connectivity index (χ0n) is 9.94. The Morgan fingerprint density at radius 3 is 2.82 bits per heavy atom. The summed E-state index contributed by atoms with van der Waals surface area (Å²) in [6, 6.07) is 3.62. The number of carboxylic acids is 1. The van der Waals surface area contributed by atoms with Crippen molar-refractivity contribution in [3.63, 3.8) is 0 Å². The number of nitrogens with one attached hydrogen (secondary N) is 1. The zero-order chi connectivity index (χ0) is 12.8. The predicted octanol–water partition coefficient (Wildman–Crippen LogP) is 1.66. The summed E-state index contributed by atoms with van der Waals surface area (Å²) >= 11 is 5.15. The van der Waals surface area contributed by atoms with Crippen LogP contribution in [0.2, 0.25) is 0 Å². The predicted molar refractivity (Wildman–Crippen MR) is 73.7 cm³/mol. The summed E-state index contributed by atoms with van der Waals surface area (Å²) in [5.41, 5.74) is 0. The molecule has 0 aliphatic heterocycles. The molecule has 1 unspecified atom stereocenters. The highest BCUT2D eigenvalue weighted by Crippen LogP contribution is 2.22. The number of carbonyl (C=O) groups is 1. The molecule has 96 valence electrons. The first kappa shape index (κ1) is 14.6. The summed E-state index contributed by atoms with van der Waals surface area (Å²) in [6.45, 7) is 1.37. The number of nitrogens with zero attached hydrogens (tertiary/aromatic N) is 1. The summed E-state index contributed by atoms with van der Waals surface area (Å²) in [7, 11) is 3.61. The third-order valence-corrected chi connectivity index (χ3v) is 4.19. The van der Waals surface area contributed by atoms with E-state index in [-0.39, 0.29) is 0 Å². The van der Waals surface area contributed by atoms with Crippen LogP contribution in [-0.2, 0) is 11.2 Å². The van der Waals surface area contributed by atoms with Crippen molar-refractivity contribution in [3.8, 4) is 0 Å². The van der Waals surface area contributed by atoms with Gasteiger partial charge < -0.3 is 15.3 Å². The third-order valence-electron chi connectivity index (χ3n) is 2.51. The molecule has 0 saturated heterocycles. The zero-order valence-corrected chi connectivity index (χ0v) is 12.3. The molecule has 1 atom stereocenters. The maximum absolute atomic E-state index is 10.9. The molecule has 1 rings (SSSR count). The number of hydrogen-bond acceptors (Lipinski definition) is 4. The van der Waals surface area contributed by atoms with Crippen LogP contribution in [0.15, 0.2) is 15.9 Å². The number of hydrogen-bond donors (Lipinski definition) is 2. The molecule has 1 aromatic heterocycles. The van der Waals surface area contributed by atoms with Gasteiger partial charge in [-0.3, -0.25) is 4.79 Å². The van der Waals surface area contributed by atoms with Crippen LogP contribution in [0.25, 0.3) is 0 Å². The highest BCUT2D eigenvalue weighted by molar-refractivity contribution is 9.11. The summed E-state index contributed by atoms with van der Waals surface area (Å²) in [5, 5.41) is 11.7. The van der Waals surface area contributed by atoms with Gasteiger partial charge in [0.25, 0.3) is 0 Å². The van der Waals surface area contributed by atoms with Crippen LogP contribution < -0.4 is 5.32 Å². The molecule has 0 aromatic carbocycles. The Labute approximate surface area is 114 Å². The monoisotopic (exact) mass is 320 g/mol. The average molecular weight is 321 g/mol. The van der Waals surface area contributed by atoms with Crippen LogP contribution >= 0.6 is 27.3 Å². The highest BCUT2D eigenvalue weighted by Gasteiger charge is 2.16. The Bertz CT molecular complexity index is 370. The Morgan fingerprint density at radius 2 is 2.35 bits per heavy atom. The third kappa shape index (κ3) is 5.16. The molecule has 0 amide bonds. The summed E-state index contributed by atoms with van der Waals surface area (Å²) in [4.78, 5) is 14.2. The van der Waals surface area contributed by atoms with E-state index < -0.39 is 12.0 Å². The first-order valence-electron chi connectivity index (χ1n) is 5.35. The van der Waals surface area contributed by atoms with E-state index in [4.69, 9.17) is 5.11 Å². The van der Waals surface area contributed by atoms with E-state index in [9.17, 15) is 4.79 Å².